The fraction of sp³-hybridized carbons (Fsp3) is 0.267. The van der Waals surface area contributed by atoms with Gasteiger partial charge in [0.25, 0.3) is 5.91 Å². The van der Waals surface area contributed by atoms with Crippen molar-refractivity contribution < 1.29 is 19.0 Å². The third kappa shape index (κ3) is 4.27. The number of carbonyl (C=O) groups is 1. The molecule has 1 aromatic heterocycles. The van der Waals surface area contributed by atoms with E-state index in [0.29, 0.717) is 0 Å². The van der Waals surface area contributed by atoms with Crippen LogP contribution in [0.1, 0.15) is 12.5 Å². The van der Waals surface area contributed by atoms with Gasteiger partial charge in [-0.15, -0.1) is 0 Å². The van der Waals surface area contributed by atoms with Gasteiger partial charge in [-0.05, 0) is 41.4 Å². The molecule has 0 saturated carbocycles. The fourth-order valence-corrected chi connectivity index (χ4v) is 2.48. The van der Waals surface area contributed by atoms with E-state index in [1.54, 1.807) is 25.1 Å². The minimum atomic E-state index is -1.15. The fourth-order valence-electron chi connectivity index (χ4n) is 1.70. The number of halogens is 1. The van der Waals surface area contributed by atoms with Crippen molar-refractivity contribution in [3.63, 3.8) is 0 Å². The van der Waals surface area contributed by atoms with Gasteiger partial charge in [0, 0.05) is 0 Å². The summed E-state index contributed by atoms with van der Waals surface area (Å²) >= 11 is 1.47. The molecular formula is C15H16FNO3S. The van der Waals surface area contributed by atoms with E-state index in [2.05, 4.69) is 5.32 Å². The lowest BCUT2D eigenvalue weighted by Crippen LogP contribution is -2.40. The van der Waals surface area contributed by atoms with Gasteiger partial charge in [0.15, 0.2) is 18.2 Å². The predicted octanol–water partition coefficient (Wildman–Crippen LogP) is 2.29. The van der Waals surface area contributed by atoms with Crippen molar-refractivity contribution in [1.82, 2.24) is 5.32 Å². The molecule has 21 heavy (non-hydrogen) atoms. The van der Waals surface area contributed by atoms with Crippen molar-refractivity contribution >= 4 is 17.2 Å². The van der Waals surface area contributed by atoms with E-state index in [9.17, 15) is 14.3 Å². The quantitative estimate of drug-likeness (QED) is 0.861. The van der Waals surface area contributed by atoms with Crippen LogP contribution in [0.25, 0.3) is 0 Å². The van der Waals surface area contributed by atoms with Crippen molar-refractivity contribution in [2.75, 3.05) is 13.2 Å². The van der Waals surface area contributed by atoms with Crippen LogP contribution in [-0.4, -0.2) is 24.2 Å². The first-order valence-corrected chi connectivity index (χ1v) is 7.32. The van der Waals surface area contributed by atoms with Crippen LogP contribution in [0.15, 0.2) is 41.1 Å². The molecule has 0 spiro atoms. The molecule has 0 aliphatic heterocycles. The van der Waals surface area contributed by atoms with E-state index in [1.165, 1.54) is 23.5 Å². The van der Waals surface area contributed by atoms with Gasteiger partial charge in [-0.2, -0.15) is 11.3 Å². The number of ether oxygens (including phenoxy) is 1. The summed E-state index contributed by atoms with van der Waals surface area (Å²) in [6, 6.07) is 7.67. The van der Waals surface area contributed by atoms with Crippen LogP contribution in [0, 0.1) is 5.82 Å². The zero-order chi connectivity index (χ0) is 15.3. The molecule has 1 amide bonds. The topological polar surface area (TPSA) is 58.6 Å². The van der Waals surface area contributed by atoms with Gasteiger partial charge in [0.05, 0.1) is 6.54 Å². The molecule has 0 fully saturated rings. The highest BCUT2D eigenvalue weighted by Crippen LogP contribution is 2.22. The van der Waals surface area contributed by atoms with Crippen LogP contribution in [0.3, 0.4) is 0 Å². The van der Waals surface area contributed by atoms with Crippen LogP contribution in [-0.2, 0) is 10.4 Å². The summed E-state index contributed by atoms with van der Waals surface area (Å²) in [5, 5.41) is 16.5. The SMILES string of the molecule is CC(O)(CNC(=O)COc1ccccc1F)c1ccsc1. The van der Waals surface area contributed by atoms with E-state index in [4.69, 9.17) is 4.74 Å². The third-order valence-corrected chi connectivity index (χ3v) is 3.65. The normalized spacial score (nSPS) is 13.5. The standard InChI is InChI=1S/C15H16FNO3S/c1-15(19,11-6-7-21-9-11)10-17-14(18)8-20-13-5-3-2-4-12(13)16/h2-7,9,19H,8,10H2,1H3,(H,17,18). The second-order valence-electron chi connectivity index (χ2n) is 4.78. The average molecular weight is 309 g/mol. The molecule has 1 heterocycles. The molecule has 4 nitrogen and oxygen atoms in total. The van der Waals surface area contributed by atoms with Crippen LogP contribution < -0.4 is 10.1 Å². The summed E-state index contributed by atoms with van der Waals surface area (Å²) < 4.78 is 18.4. The Morgan fingerprint density at radius 1 is 1.43 bits per heavy atom. The van der Waals surface area contributed by atoms with Gasteiger partial charge >= 0.3 is 0 Å². The summed E-state index contributed by atoms with van der Waals surface area (Å²) in [5.74, 6) is -0.915. The van der Waals surface area contributed by atoms with Gasteiger partial charge in [0.2, 0.25) is 0 Å². The van der Waals surface area contributed by atoms with E-state index >= 15 is 0 Å². The molecule has 0 aliphatic carbocycles. The predicted molar refractivity (Wildman–Crippen MR) is 78.8 cm³/mol. The van der Waals surface area contributed by atoms with Gasteiger partial charge in [-0.25, -0.2) is 4.39 Å². The van der Waals surface area contributed by atoms with Gasteiger partial charge < -0.3 is 15.2 Å². The summed E-state index contributed by atoms with van der Waals surface area (Å²) in [6.45, 7) is 1.37. The third-order valence-electron chi connectivity index (χ3n) is 2.97. The van der Waals surface area contributed by atoms with E-state index in [0.717, 1.165) is 5.56 Å². The molecule has 1 atom stereocenters. The lowest BCUT2D eigenvalue weighted by Gasteiger charge is -2.22. The van der Waals surface area contributed by atoms with E-state index in [-0.39, 0.29) is 18.9 Å². The number of benzene rings is 1. The lowest BCUT2D eigenvalue weighted by atomic mass is 9.99. The zero-order valence-corrected chi connectivity index (χ0v) is 12.3. The van der Waals surface area contributed by atoms with Crippen molar-refractivity contribution in [2.45, 2.75) is 12.5 Å². The highest BCUT2D eigenvalue weighted by molar-refractivity contribution is 7.08. The molecule has 6 heteroatoms. The molecule has 2 N–H and O–H groups in total. The first-order valence-electron chi connectivity index (χ1n) is 6.38. The highest BCUT2D eigenvalue weighted by Gasteiger charge is 2.24. The number of amides is 1. The molecule has 0 aliphatic rings. The molecule has 1 aromatic carbocycles. The van der Waals surface area contributed by atoms with Crippen molar-refractivity contribution in [1.29, 1.82) is 0 Å². The Balaban J connectivity index is 1.82. The summed E-state index contributed by atoms with van der Waals surface area (Å²) in [7, 11) is 0. The number of nitrogens with one attached hydrogen (secondary N) is 1. The van der Waals surface area contributed by atoms with Gasteiger partial charge in [-0.3, -0.25) is 4.79 Å². The monoisotopic (exact) mass is 309 g/mol. The molecule has 0 radical (unpaired) electrons. The molecular weight excluding hydrogens is 293 g/mol. The smallest absolute Gasteiger partial charge is 0.258 e. The van der Waals surface area contributed by atoms with Crippen LogP contribution in [0.2, 0.25) is 0 Å². The second kappa shape index (κ2) is 6.69. The van der Waals surface area contributed by atoms with Crippen LogP contribution in [0.5, 0.6) is 5.75 Å². The maximum absolute atomic E-state index is 13.3. The maximum Gasteiger partial charge on any atom is 0.258 e. The first-order chi connectivity index (χ1) is 9.99. The van der Waals surface area contributed by atoms with Crippen LogP contribution >= 0.6 is 11.3 Å². The number of carbonyl (C=O) groups excluding carboxylic acids is 1. The number of hydrogen-bond acceptors (Lipinski definition) is 4. The maximum atomic E-state index is 13.3. The Hall–Kier alpha value is -1.92. The van der Waals surface area contributed by atoms with E-state index in [1.807, 2.05) is 10.8 Å². The van der Waals surface area contributed by atoms with Crippen molar-refractivity contribution in [3.05, 3.63) is 52.5 Å². The average Bonchev–Trinajstić information content (AvgIpc) is 2.99. The number of para-hydroxylation sites is 1. The van der Waals surface area contributed by atoms with E-state index < -0.39 is 17.3 Å². The summed E-state index contributed by atoms with van der Waals surface area (Å²) in [4.78, 5) is 11.7. The van der Waals surface area contributed by atoms with Crippen molar-refractivity contribution in [3.8, 4) is 5.75 Å². The minimum absolute atomic E-state index is 0.0252. The second-order valence-corrected chi connectivity index (χ2v) is 5.56. The zero-order valence-electron chi connectivity index (χ0n) is 11.5. The number of hydrogen-bond donors (Lipinski definition) is 2. The Morgan fingerprint density at radius 3 is 2.86 bits per heavy atom. The molecule has 2 rings (SSSR count). The number of aliphatic hydroxyl groups is 1. The van der Waals surface area contributed by atoms with Gasteiger partial charge in [-0.1, -0.05) is 12.1 Å². The molecule has 1 unspecified atom stereocenters. The first kappa shape index (κ1) is 15.5. The summed E-state index contributed by atoms with van der Waals surface area (Å²) in [5.41, 5.74) is -0.406. The lowest BCUT2D eigenvalue weighted by molar-refractivity contribution is -0.124. The molecule has 112 valence electrons. The Kier molecular flexibility index (Phi) is 4.93. The van der Waals surface area contributed by atoms with Crippen LogP contribution in [0.4, 0.5) is 4.39 Å². The summed E-state index contributed by atoms with van der Waals surface area (Å²) in [6.07, 6.45) is 0. The highest BCUT2D eigenvalue weighted by atomic mass is 32.1. The molecule has 2 aromatic rings. The van der Waals surface area contributed by atoms with Crippen molar-refractivity contribution in [2.24, 2.45) is 0 Å². The Morgan fingerprint density at radius 2 is 2.19 bits per heavy atom. The number of thiophene rings is 1. The van der Waals surface area contributed by atoms with Gasteiger partial charge in [0.1, 0.15) is 5.60 Å². The molecule has 0 saturated heterocycles. The minimum Gasteiger partial charge on any atom is -0.481 e. The Bertz CT molecular complexity index is 599. The Labute approximate surface area is 126 Å². The molecule has 0 bridgehead atoms. The number of rotatable bonds is 6. The largest absolute Gasteiger partial charge is 0.481 e.